The Morgan fingerprint density at radius 2 is 1.67 bits per heavy atom. The van der Waals surface area contributed by atoms with Gasteiger partial charge in [-0.1, -0.05) is 0 Å². The van der Waals surface area contributed by atoms with E-state index in [0.717, 1.165) is 13.5 Å². The molecule has 0 aromatic heterocycles. The molecule has 0 aromatic rings. The zero-order valence-corrected chi connectivity index (χ0v) is 14.5. The van der Waals surface area contributed by atoms with E-state index in [4.69, 9.17) is 7.74 Å². The average molecular weight is 343 g/mol. The Balaban J connectivity index is -0.0000000133. The fourth-order valence-electron chi connectivity index (χ4n) is 0.118. The third kappa shape index (κ3) is 34.3. The van der Waals surface area contributed by atoms with Crippen LogP contribution in [-0.2, 0) is 98.1 Å². The van der Waals surface area contributed by atoms with E-state index in [1.165, 1.54) is 0 Å². The average Bonchev–Trinajstić information content (AvgIpc) is 1.41. The molecular weight excluding hydrogens is 335 g/mol. The summed E-state index contributed by atoms with van der Waals surface area (Å²) in [5.41, 5.74) is 0. The van der Waals surface area contributed by atoms with Gasteiger partial charge in [0, 0.05) is 120 Å². The molecule has 0 unspecified atom stereocenters. The number of hydrogen-bond acceptors (Lipinski definition) is 0. The van der Waals surface area contributed by atoms with Gasteiger partial charge in [0.05, 0.1) is 0 Å². The Morgan fingerprint density at radius 1 is 1.33 bits per heavy atom. The molecule has 0 aliphatic heterocycles. The second-order valence-electron chi connectivity index (χ2n) is 0.878. The third-order valence-corrected chi connectivity index (χ3v) is 0.371. The van der Waals surface area contributed by atoms with Crippen LogP contribution < -0.4 is 0 Å². The molecule has 6 heteroatoms. The van der Waals surface area contributed by atoms with Crippen molar-refractivity contribution in [3.63, 3.8) is 0 Å². The van der Waals surface area contributed by atoms with Gasteiger partial charge in [-0.25, -0.2) is 6.32 Å². The Bertz CT molecular complexity index is 21.8. The van der Waals surface area contributed by atoms with Crippen molar-refractivity contribution in [1.82, 2.24) is 0 Å². The van der Waals surface area contributed by atoms with E-state index in [2.05, 4.69) is 6.92 Å². The largest absolute Gasteiger partial charge is 0.358 e. The molecule has 0 aliphatic carbocycles. The normalized spacial score (nSPS) is 3.67. The van der Waals surface area contributed by atoms with Crippen molar-refractivity contribution in [3.8, 4) is 0 Å². The summed E-state index contributed by atoms with van der Waals surface area (Å²) in [4.78, 5) is 0. The maximum absolute atomic E-state index is 4.97. The van der Waals surface area contributed by atoms with Crippen LogP contribution >= 0.6 is 0 Å². The van der Waals surface area contributed by atoms with E-state index in [-0.39, 0.29) is 106 Å². The maximum Gasteiger partial charge on any atom is 0.0412 e. The summed E-state index contributed by atoms with van der Waals surface area (Å²) < 4.78 is 0. The van der Waals surface area contributed by atoms with Crippen molar-refractivity contribution in [2.75, 3.05) is 0 Å². The van der Waals surface area contributed by atoms with Gasteiger partial charge in [-0.05, 0) is 0 Å². The topological polar surface area (TPSA) is 0 Å². The molecule has 0 aromatic carbocycles. The van der Waals surface area contributed by atoms with Crippen LogP contribution in [0.3, 0.4) is 0 Å². The van der Waals surface area contributed by atoms with Crippen LogP contribution in [0.15, 0.2) is 0 Å². The van der Waals surface area contributed by atoms with Gasteiger partial charge in [-0.15, -0.1) is 0 Å². The van der Waals surface area contributed by atoms with Crippen molar-refractivity contribution in [1.29, 1.82) is 0 Å². The third-order valence-electron chi connectivity index (χ3n) is 0.371. The van der Waals surface area contributed by atoms with Gasteiger partial charge in [0.25, 0.3) is 0 Å². The summed E-state index contributed by atoms with van der Waals surface area (Å²) in [6.45, 7) is 3.56. The quantitative estimate of drug-likeness (QED) is 0.482. The van der Waals surface area contributed by atoms with E-state index in [1.807, 2.05) is 0 Å². The molecule has 0 atom stereocenters. The molecular formula is C3H8B3Y3-2. The van der Waals surface area contributed by atoms with E-state index >= 15 is 0 Å². The molecule has 6 radical (unpaired) electrons. The first-order valence-electron chi connectivity index (χ1n) is 1.74. The second-order valence-corrected chi connectivity index (χ2v) is 0.878. The Morgan fingerprint density at radius 3 is 1.67 bits per heavy atom. The van der Waals surface area contributed by atoms with E-state index < -0.39 is 0 Å². The Labute approximate surface area is 138 Å². The zero-order chi connectivity index (χ0) is 4.12. The van der Waals surface area contributed by atoms with E-state index in [1.54, 1.807) is 7.06 Å². The molecule has 9 heavy (non-hydrogen) atoms. The molecule has 0 fully saturated rings. The zero-order valence-electron chi connectivity index (χ0n) is 6.01. The van der Waals surface area contributed by atoms with Crippen molar-refractivity contribution in [2.24, 2.45) is 0 Å². The monoisotopic (exact) mass is 344 g/mol. The van der Waals surface area contributed by atoms with Crippen molar-refractivity contribution >= 4 is 22.0 Å². The molecule has 0 heterocycles. The summed E-state index contributed by atoms with van der Waals surface area (Å²) in [5, 5.41) is 0. The van der Waals surface area contributed by atoms with Crippen LogP contribution in [-0.4, -0.2) is 22.0 Å². The second kappa shape index (κ2) is 30.0. The molecule has 0 saturated carbocycles. The molecule has 0 rings (SSSR count). The first-order chi connectivity index (χ1) is 2.41. The van der Waals surface area contributed by atoms with Crippen LogP contribution in [0, 0.1) is 14.4 Å². The first kappa shape index (κ1) is 29.4. The van der Waals surface area contributed by atoms with Gasteiger partial charge in [-0.3, -0.25) is 0 Å². The SMILES string of the molecule is [B][B]BC[CH2-].[CH3-].[Y].[Y].[Y]. The molecule has 0 bridgehead atoms. The number of hydrogen-bond donors (Lipinski definition) is 0. The van der Waals surface area contributed by atoms with E-state index in [0.29, 0.717) is 0 Å². The molecule has 0 saturated heterocycles. The number of rotatable bonds is 2. The Kier molecular flexibility index (Phi) is 98.0. The van der Waals surface area contributed by atoms with Gasteiger partial charge in [0.2, 0.25) is 0 Å². The first-order valence-corrected chi connectivity index (χ1v) is 1.74. The van der Waals surface area contributed by atoms with Crippen LogP contribution in [0.4, 0.5) is 0 Å². The van der Waals surface area contributed by atoms with E-state index in [9.17, 15) is 0 Å². The Hall–Kier alpha value is 3.51. The van der Waals surface area contributed by atoms with Crippen LogP contribution in [0.25, 0.3) is 0 Å². The van der Waals surface area contributed by atoms with Gasteiger partial charge >= 0.3 is 0 Å². The summed E-state index contributed by atoms with van der Waals surface area (Å²) in [6.07, 6.45) is 0.913. The van der Waals surface area contributed by atoms with Crippen molar-refractivity contribution in [3.05, 3.63) is 14.4 Å². The van der Waals surface area contributed by atoms with Crippen LogP contribution in [0.1, 0.15) is 0 Å². The summed E-state index contributed by atoms with van der Waals surface area (Å²) in [7, 11) is 7.52. The van der Waals surface area contributed by atoms with Crippen molar-refractivity contribution < 1.29 is 98.1 Å². The molecule has 0 N–H and O–H groups in total. The minimum Gasteiger partial charge on any atom is -0.358 e. The summed E-state index contributed by atoms with van der Waals surface area (Å²) >= 11 is 0. The molecule has 40 valence electrons. The summed E-state index contributed by atoms with van der Waals surface area (Å²) in [5.74, 6) is 0. The molecule has 0 nitrogen and oxygen atoms in total. The smallest absolute Gasteiger partial charge is 0.0412 e. The van der Waals surface area contributed by atoms with Crippen LogP contribution in [0.5, 0.6) is 0 Å². The van der Waals surface area contributed by atoms with Crippen molar-refractivity contribution in [2.45, 2.75) is 6.32 Å². The molecule has 0 amide bonds. The standard InChI is InChI=1S/C2H5B3.CH3.3Y/c1-2-4-5-3;;;;/h4H,1-2H2;1H3;;;/q2*-1;;;. The van der Waals surface area contributed by atoms with Gasteiger partial charge < -0.3 is 14.4 Å². The minimum atomic E-state index is 0. The van der Waals surface area contributed by atoms with Gasteiger partial charge in [0.15, 0.2) is 0 Å². The van der Waals surface area contributed by atoms with Gasteiger partial charge in [0.1, 0.15) is 0 Å². The summed E-state index contributed by atoms with van der Waals surface area (Å²) in [6, 6.07) is 0. The fraction of sp³-hybridized carbons (Fsp3) is 0.333. The predicted octanol–water partition coefficient (Wildman–Crippen LogP) is -0.179. The molecule has 0 aliphatic rings. The minimum absolute atomic E-state index is 0. The predicted molar refractivity (Wildman–Crippen MR) is 35.2 cm³/mol. The fourth-order valence-corrected chi connectivity index (χ4v) is 0.118. The van der Waals surface area contributed by atoms with Crippen LogP contribution in [0.2, 0.25) is 6.32 Å². The molecule has 0 spiro atoms. The maximum atomic E-state index is 4.97. The van der Waals surface area contributed by atoms with Gasteiger partial charge in [-0.2, -0.15) is 0 Å².